The van der Waals surface area contributed by atoms with E-state index in [4.69, 9.17) is 14.2 Å². The molecule has 0 saturated heterocycles. The molecule has 0 radical (unpaired) electrons. The van der Waals surface area contributed by atoms with E-state index in [2.05, 4.69) is 5.32 Å². The fourth-order valence-electron chi connectivity index (χ4n) is 4.90. The summed E-state index contributed by atoms with van der Waals surface area (Å²) in [5.41, 5.74) is 4.46. The van der Waals surface area contributed by atoms with Gasteiger partial charge < -0.3 is 19.5 Å². The number of ether oxygens (including phenoxy) is 3. The van der Waals surface area contributed by atoms with Crippen molar-refractivity contribution in [2.45, 2.75) is 13.2 Å². The van der Waals surface area contributed by atoms with Crippen LogP contribution in [0.3, 0.4) is 0 Å². The number of nitrogens with one attached hydrogen (secondary N) is 1. The minimum atomic E-state index is -0.0321. The zero-order chi connectivity index (χ0) is 30.1. The Morgan fingerprint density at radius 3 is 1.84 bits per heavy atom. The summed E-state index contributed by atoms with van der Waals surface area (Å²) < 4.78 is 18.9. The summed E-state index contributed by atoms with van der Waals surface area (Å²) in [6, 6.07) is 41.5. The lowest BCUT2D eigenvalue weighted by molar-refractivity contribution is 0.104. The van der Waals surface area contributed by atoms with Crippen molar-refractivity contribution < 1.29 is 19.0 Å². The van der Waals surface area contributed by atoms with Gasteiger partial charge in [-0.3, -0.25) is 4.79 Å². The number of rotatable bonds is 13. The fraction of sp³-hybridized carbons (Fsp3) is 0.132. The molecule has 5 nitrogen and oxygen atoms in total. The number of ketones is 1. The van der Waals surface area contributed by atoms with Gasteiger partial charge in [0.15, 0.2) is 5.78 Å². The van der Waals surface area contributed by atoms with Crippen LogP contribution in [0.4, 0.5) is 0 Å². The lowest BCUT2D eigenvalue weighted by Crippen LogP contribution is -2.15. The molecule has 228 valence electrons. The van der Waals surface area contributed by atoms with Crippen LogP contribution in [0.2, 0.25) is 0 Å². The van der Waals surface area contributed by atoms with Crippen LogP contribution in [-0.2, 0) is 13.2 Å². The Balaban J connectivity index is 0.00000400. The predicted octanol–water partition coefficient (Wildman–Crippen LogP) is 8.98. The first-order valence-corrected chi connectivity index (χ1v) is 15.4. The molecule has 6 rings (SSSR count). The van der Waals surface area contributed by atoms with Gasteiger partial charge in [-0.15, -0.1) is 23.7 Å². The Hall–Kier alpha value is -4.62. The van der Waals surface area contributed by atoms with Crippen LogP contribution in [-0.4, -0.2) is 26.0 Å². The summed E-state index contributed by atoms with van der Waals surface area (Å²) in [6.45, 7) is 2.28. The SMILES string of the molecule is CNCCOc1ccc(C(=O)c2c(-c3ccc(OCc4ccccc4)cc3)sc3cc(OCc4ccccc4)ccc23)cc1.Cl. The predicted molar refractivity (Wildman–Crippen MR) is 185 cm³/mol. The smallest absolute Gasteiger partial charge is 0.195 e. The summed E-state index contributed by atoms with van der Waals surface area (Å²) in [4.78, 5) is 15.0. The molecule has 45 heavy (non-hydrogen) atoms. The number of hydrogen-bond acceptors (Lipinski definition) is 6. The maximum Gasteiger partial charge on any atom is 0.195 e. The Morgan fingerprint density at radius 1 is 0.667 bits per heavy atom. The summed E-state index contributed by atoms with van der Waals surface area (Å²) in [6.07, 6.45) is 0. The number of halogens is 1. The molecule has 6 aromatic rings. The van der Waals surface area contributed by atoms with Gasteiger partial charge in [0.1, 0.15) is 37.1 Å². The number of likely N-dealkylation sites (N-methyl/N-ethyl adjacent to an activating group) is 1. The fourth-order valence-corrected chi connectivity index (χ4v) is 6.13. The van der Waals surface area contributed by atoms with Crippen molar-refractivity contribution in [1.82, 2.24) is 5.32 Å². The van der Waals surface area contributed by atoms with E-state index in [0.717, 1.165) is 55.4 Å². The molecule has 0 aliphatic heterocycles. The Bertz CT molecular complexity index is 1820. The van der Waals surface area contributed by atoms with Crippen molar-refractivity contribution in [3.63, 3.8) is 0 Å². The van der Waals surface area contributed by atoms with Crippen molar-refractivity contribution in [3.8, 4) is 27.7 Å². The standard InChI is InChI=1S/C38H33NO4S.ClH/c1-39-22-23-41-31-16-12-29(13-17-31)37(40)36-34-21-20-33(43-26-28-10-6-3-7-11-28)24-35(34)44-38(36)30-14-18-32(19-15-30)42-25-27-8-4-2-5-9-27;/h2-21,24,39H,22-23,25-26H2,1H3;1H. The minimum absolute atomic E-state index is 0. The van der Waals surface area contributed by atoms with Crippen LogP contribution in [0.25, 0.3) is 20.5 Å². The maximum atomic E-state index is 14.1. The van der Waals surface area contributed by atoms with Crippen LogP contribution in [0.5, 0.6) is 17.2 Å². The van der Waals surface area contributed by atoms with E-state index in [9.17, 15) is 4.79 Å². The van der Waals surface area contributed by atoms with E-state index in [1.165, 1.54) is 0 Å². The molecular formula is C38H34ClNO4S. The Labute approximate surface area is 273 Å². The van der Waals surface area contributed by atoms with Gasteiger partial charge in [0.2, 0.25) is 0 Å². The van der Waals surface area contributed by atoms with Crippen LogP contribution >= 0.6 is 23.7 Å². The molecule has 1 aromatic heterocycles. The summed E-state index contributed by atoms with van der Waals surface area (Å²) in [5.74, 6) is 2.24. The third-order valence-electron chi connectivity index (χ3n) is 7.24. The highest BCUT2D eigenvalue weighted by Crippen LogP contribution is 2.42. The number of carbonyl (C=O) groups is 1. The molecule has 0 aliphatic carbocycles. The van der Waals surface area contributed by atoms with Crippen LogP contribution < -0.4 is 19.5 Å². The average molecular weight is 636 g/mol. The van der Waals surface area contributed by atoms with Gasteiger partial charge in [-0.25, -0.2) is 0 Å². The summed E-state index contributed by atoms with van der Waals surface area (Å²) >= 11 is 1.60. The number of thiophene rings is 1. The average Bonchev–Trinajstić information content (AvgIpc) is 3.46. The van der Waals surface area contributed by atoms with Gasteiger partial charge >= 0.3 is 0 Å². The third kappa shape index (κ3) is 7.91. The molecule has 0 unspecified atom stereocenters. The molecule has 0 amide bonds. The van der Waals surface area contributed by atoms with E-state index in [-0.39, 0.29) is 18.2 Å². The molecule has 1 N–H and O–H groups in total. The van der Waals surface area contributed by atoms with Gasteiger partial charge in [0.25, 0.3) is 0 Å². The molecule has 7 heteroatoms. The van der Waals surface area contributed by atoms with E-state index in [0.29, 0.717) is 30.9 Å². The van der Waals surface area contributed by atoms with Gasteiger partial charge in [-0.1, -0.05) is 60.7 Å². The van der Waals surface area contributed by atoms with Gasteiger partial charge in [-0.05, 0) is 90.5 Å². The molecule has 1 heterocycles. The number of benzene rings is 5. The molecule has 0 bridgehead atoms. The third-order valence-corrected chi connectivity index (χ3v) is 8.44. The summed E-state index contributed by atoms with van der Waals surface area (Å²) in [5, 5.41) is 3.97. The summed E-state index contributed by atoms with van der Waals surface area (Å²) in [7, 11) is 1.89. The van der Waals surface area contributed by atoms with E-state index in [1.807, 2.05) is 134 Å². The topological polar surface area (TPSA) is 56.8 Å². The monoisotopic (exact) mass is 635 g/mol. The minimum Gasteiger partial charge on any atom is -0.492 e. The zero-order valence-electron chi connectivity index (χ0n) is 24.9. The molecule has 5 aromatic carbocycles. The van der Waals surface area contributed by atoms with Gasteiger partial charge in [-0.2, -0.15) is 0 Å². The van der Waals surface area contributed by atoms with Gasteiger partial charge in [0.05, 0.1) is 0 Å². The molecule has 0 spiro atoms. The Kier molecular flexibility index (Phi) is 10.9. The van der Waals surface area contributed by atoms with E-state index >= 15 is 0 Å². The second-order valence-electron chi connectivity index (χ2n) is 10.3. The van der Waals surface area contributed by atoms with Crippen LogP contribution in [0, 0.1) is 0 Å². The van der Waals surface area contributed by atoms with E-state index < -0.39 is 0 Å². The van der Waals surface area contributed by atoms with Gasteiger partial charge in [0, 0.05) is 32.6 Å². The zero-order valence-corrected chi connectivity index (χ0v) is 26.5. The quantitative estimate of drug-likeness (QED) is 0.101. The highest BCUT2D eigenvalue weighted by atomic mass is 35.5. The molecule has 0 saturated carbocycles. The van der Waals surface area contributed by atoms with Crippen molar-refractivity contribution in [2.24, 2.45) is 0 Å². The van der Waals surface area contributed by atoms with Crippen LogP contribution in [0.1, 0.15) is 27.0 Å². The number of carbonyl (C=O) groups excluding carboxylic acids is 1. The molecular weight excluding hydrogens is 602 g/mol. The first-order valence-electron chi connectivity index (χ1n) is 14.6. The van der Waals surface area contributed by atoms with E-state index in [1.54, 1.807) is 11.3 Å². The normalized spacial score (nSPS) is 10.7. The first-order chi connectivity index (χ1) is 21.7. The van der Waals surface area contributed by atoms with Crippen molar-refractivity contribution in [1.29, 1.82) is 0 Å². The lowest BCUT2D eigenvalue weighted by Gasteiger charge is -2.09. The van der Waals surface area contributed by atoms with Crippen molar-refractivity contribution in [2.75, 3.05) is 20.2 Å². The largest absolute Gasteiger partial charge is 0.492 e. The number of hydrogen-bond donors (Lipinski definition) is 1. The van der Waals surface area contributed by atoms with Crippen LogP contribution in [0.15, 0.2) is 127 Å². The second kappa shape index (κ2) is 15.4. The van der Waals surface area contributed by atoms with Crippen molar-refractivity contribution in [3.05, 3.63) is 150 Å². The van der Waals surface area contributed by atoms with Crippen molar-refractivity contribution >= 4 is 39.6 Å². The molecule has 0 aliphatic rings. The molecule has 0 atom stereocenters. The Morgan fingerprint density at radius 2 is 1.22 bits per heavy atom. The second-order valence-corrected chi connectivity index (χ2v) is 11.4. The lowest BCUT2D eigenvalue weighted by atomic mass is 9.97. The highest BCUT2D eigenvalue weighted by molar-refractivity contribution is 7.22. The maximum absolute atomic E-state index is 14.1. The molecule has 0 fully saturated rings. The highest BCUT2D eigenvalue weighted by Gasteiger charge is 2.22. The number of fused-ring (bicyclic) bond motifs is 1. The first kappa shape index (κ1) is 31.8.